The van der Waals surface area contributed by atoms with Crippen LogP contribution in [-0.2, 0) is 11.2 Å². The van der Waals surface area contributed by atoms with Gasteiger partial charge in [0, 0.05) is 12.8 Å². The minimum Gasteiger partial charge on any atom is -0.494 e. The standard InChI is InChI=1S/C17H26O2.C2H6/c1-4-16(18)7-5-6-12-19-17-10-8-15(9-11-17)13-14(2)3;1-2/h8-11,14H,4-7,12-13H2,1-3H3;1-2H3. The lowest BCUT2D eigenvalue weighted by atomic mass is 10.0. The maximum Gasteiger partial charge on any atom is 0.132 e. The predicted octanol–water partition coefficient (Wildman–Crippen LogP) is 5.44. The van der Waals surface area contributed by atoms with Crippen LogP contribution in [-0.4, -0.2) is 12.4 Å². The largest absolute Gasteiger partial charge is 0.494 e. The summed E-state index contributed by atoms with van der Waals surface area (Å²) in [5.41, 5.74) is 1.36. The molecule has 0 saturated carbocycles. The van der Waals surface area contributed by atoms with Crippen molar-refractivity contribution >= 4 is 5.78 Å². The van der Waals surface area contributed by atoms with Gasteiger partial charge in [0.15, 0.2) is 0 Å². The molecule has 1 aromatic rings. The highest BCUT2D eigenvalue weighted by Gasteiger charge is 2.00. The number of hydrogen-bond donors (Lipinski definition) is 0. The van der Waals surface area contributed by atoms with Crippen LogP contribution in [0.2, 0.25) is 0 Å². The molecule has 1 rings (SSSR count). The van der Waals surface area contributed by atoms with E-state index in [1.165, 1.54) is 5.56 Å². The van der Waals surface area contributed by atoms with Crippen LogP contribution in [0.3, 0.4) is 0 Å². The average Bonchev–Trinajstić information content (AvgIpc) is 2.50. The quantitative estimate of drug-likeness (QED) is 0.566. The molecule has 0 heterocycles. The summed E-state index contributed by atoms with van der Waals surface area (Å²) < 4.78 is 5.67. The van der Waals surface area contributed by atoms with Crippen molar-refractivity contribution in [2.45, 2.75) is 66.7 Å². The summed E-state index contributed by atoms with van der Waals surface area (Å²) in [4.78, 5) is 11.1. The lowest BCUT2D eigenvalue weighted by Gasteiger charge is -2.08. The van der Waals surface area contributed by atoms with Crippen LogP contribution in [0.25, 0.3) is 0 Å². The van der Waals surface area contributed by atoms with Gasteiger partial charge in [-0.2, -0.15) is 0 Å². The van der Waals surface area contributed by atoms with E-state index in [9.17, 15) is 4.79 Å². The highest BCUT2D eigenvalue weighted by Crippen LogP contribution is 2.15. The molecule has 21 heavy (non-hydrogen) atoms. The second-order valence-corrected chi connectivity index (χ2v) is 5.44. The van der Waals surface area contributed by atoms with Crippen molar-refractivity contribution in [2.75, 3.05) is 6.61 Å². The Kier molecular flexibility index (Phi) is 11.7. The molecule has 0 spiro atoms. The van der Waals surface area contributed by atoms with Crippen LogP contribution in [0.1, 0.15) is 65.9 Å². The van der Waals surface area contributed by atoms with Crippen molar-refractivity contribution < 1.29 is 9.53 Å². The molecule has 0 fully saturated rings. The fourth-order valence-corrected chi connectivity index (χ4v) is 1.98. The molecular formula is C19H32O2. The molecule has 0 atom stereocenters. The minimum atomic E-state index is 0.345. The van der Waals surface area contributed by atoms with Gasteiger partial charge in [0.25, 0.3) is 0 Å². The number of hydrogen-bond acceptors (Lipinski definition) is 2. The number of Topliss-reactive ketones (excluding diaryl/α,β-unsaturated/α-hetero) is 1. The van der Waals surface area contributed by atoms with Gasteiger partial charge in [-0.15, -0.1) is 0 Å². The highest BCUT2D eigenvalue weighted by molar-refractivity contribution is 5.77. The third-order valence-corrected chi connectivity index (χ3v) is 3.08. The van der Waals surface area contributed by atoms with E-state index in [0.29, 0.717) is 31.1 Å². The third-order valence-electron chi connectivity index (χ3n) is 3.08. The summed E-state index contributed by atoms with van der Waals surface area (Å²) in [6.45, 7) is 11.1. The fraction of sp³-hybridized carbons (Fsp3) is 0.632. The van der Waals surface area contributed by atoms with Crippen molar-refractivity contribution in [3.05, 3.63) is 29.8 Å². The van der Waals surface area contributed by atoms with Gasteiger partial charge in [-0.05, 0) is 42.9 Å². The first kappa shape index (κ1) is 19.7. The topological polar surface area (TPSA) is 26.3 Å². The van der Waals surface area contributed by atoms with Gasteiger partial charge in [-0.25, -0.2) is 0 Å². The van der Waals surface area contributed by atoms with E-state index in [-0.39, 0.29) is 0 Å². The van der Waals surface area contributed by atoms with Crippen LogP contribution in [0.5, 0.6) is 5.75 Å². The van der Waals surface area contributed by atoms with Gasteiger partial charge in [0.05, 0.1) is 6.61 Å². The predicted molar refractivity (Wildman–Crippen MR) is 91.0 cm³/mol. The molecule has 0 N–H and O–H groups in total. The van der Waals surface area contributed by atoms with Gasteiger partial charge in [-0.1, -0.05) is 46.8 Å². The Hall–Kier alpha value is -1.31. The molecule has 0 aliphatic carbocycles. The first-order chi connectivity index (χ1) is 10.1. The van der Waals surface area contributed by atoms with Gasteiger partial charge in [-0.3, -0.25) is 4.79 Å². The second-order valence-electron chi connectivity index (χ2n) is 5.44. The second kappa shape index (κ2) is 12.4. The van der Waals surface area contributed by atoms with E-state index in [4.69, 9.17) is 4.74 Å². The number of carbonyl (C=O) groups is 1. The van der Waals surface area contributed by atoms with E-state index in [1.807, 2.05) is 32.9 Å². The third kappa shape index (κ3) is 10.1. The zero-order chi connectivity index (χ0) is 16.1. The van der Waals surface area contributed by atoms with Crippen LogP contribution < -0.4 is 4.74 Å². The van der Waals surface area contributed by atoms with E-state index in [2.05, 4.69) is 26.0 Å². The molecule has 0 aliphatic rings. The fourth-order valence-electron chi connectivity index (χ4n) is 1.98. The lowest BCUT2D eigenvalue weighted by Crippen LogP contribution is -2.00. The number of ether oxygens (including phenoxy) is 1. The van der Waals surface area contributed by atoms with Crippen molar-refractivity contribution in [1.29, 1.82) is 0 Å². The van der Waals surface area contributed by atoms with Crippen molar-refractivity contribution in [3.8, 4) is 5.75 Å². The summed E-state index contributed by atoms with van der Waals surface area (Å²) in [5, 5.41) is 0. The first-order valence-electron chi connectivity index (χ1n) is 8.35. The lowest BCUT2D eigenvalue weighted by molar-refractivity contribution is -0.118. The number of benzene rings is 1. The van der Waals surface area contributed by atoms with Gasteiger partial charge in [0.2, 0.25) is 0 Å². The van der Waals surface area contributed by atoms with E-state index >= 15 is 0 Å². The summed E-state index contributed by atoms with van der Waals surface area (Å²) >= 11 is 0. The van der Waals surface area contributed by atoms with Gasteiger partial charge >= 0.3 is 0 Å². The van der Waals surface area contributed by atoms with Crippen LogP contribution in [0, 0.1) is 5.92 Å². The Balaban J connectivity index is 0.00000191. The molecule has 2 nitrogen and oxygen atoms in total. The number of rotatable bonds is 9. The van der Waals surface area contributed by atoms with E-state index < -0.39 is 0 Å². The smallest absolute Gasteiger partial charge is 0.132 e. The molecule has 0 saturated heterocycles. The molecule has 0 amide bonds. The van der Waals surface area contributed by atoms with Crippen molar-refractivity contribution in [3.63, 3.8) is 0 Å². The molecule has 2 heteroatoms. The Morgan fingerprint density at radius 2 is 1.71 bits per heavy atom. The number of carbonyl (C=O) groups excluding carboxylic acids is 1. The Bertz CT molecular complexity index is 366. The first-order valence-corrected chi connectivity index (χ1v) is 8.35. The molecule has 0 aromatic heterocycles. The SMILES string of the molecule is CC.CCC(=O)CCCCOc1ccc(CC(C)C)cc1. The molecule has 0 unspecified atom stereocenters. The minimum absolute atomic E-state index is 0.345. The van der Waals surface area contributed by atoms with Crippen LogP contribution >= 0.6 is 0 Å². The van der Waals surface area contributed by atoms with E-state index in [1.54, 1.807) is 0 Å². The molecule has 0 radical (unpaired) electrons. The number of ketones is 1. The van der Waals surface area contributed by atoms with Crippen LogP contribution in [0.15, 0.2) is 24.3 Å². The average molecular weight is 292 g/mol. The maximum absolute atomic E-state index is 11.1. The summed E-state index contributed by atoms with van der Waals surface area (Å²) in [6.07, 6.45) is 4.32. The van der Waals surface area contributed by atoms with E-state index in [0.717, 1.165) is 25.0 Å². The molecule has 0 aliphatic heterocycles. The normalized spacial score (nSPS) is 10.0. The Labute approximate surface area is 130 Å². The summed E-state index contributed by atoms with van der Waals surface area (Å²) in [7, 11) is 0. The van der Waals surface area contributed by atoms with Crippen molar-refractivity contribution in [1.82, 2.24) is 0 Å². The van der Waals surface area contributed by atoms with Gasteiger partial charge < -0.3 is 4.74 Å². The summed E-state index contributed by atoms with van der Waals surface area (Å²) in [6, 6.07) is 8.34. The molecule has 1 aromatic carbocycles. The molecule has 0 bridgehead atoms. The summed E-state index contributed by atoms with van der Waals surface area (Å²) in [5.74, 6) is 1.95. The zero-order valence-corrected chi connectivity index (χ0v) is 14.4. The Morgan fingerprint density at radius 1 is 1.10 bits per heavy atom. The van der Waals surface area contributed by atoms with Gasteiger partial charge in [0.1, 0.15) is 11.5 Å². The maximum atomic E-state index is 11.1. The highest BCUT2D eigenvalue weighted by atomic mass is 16.5. The number of unbranched alkanes of at least 4 members (excludes halogenated alkanes) is 1. The molecular weight excluding hydrogens is 260 g/mol. The molecule has 120 valence electrons. The Morgan fingerprint density at radius 3 is 2.24 bits per heavy atom. The van der Waals surface area contributed by atoms with Crippen LogP contribution in [0.4, 0.5) is 0 Å². The monoisotopic (exact) mass is 292 g/mol. The van der Waals surface area contributed by atoms with Crippen molar-refractivity contribution in [2.24, 2.45) is 5.92 Å². The zero-order valence-electron chi connectivity index (χ0n) is 14.4.